The SMILES string of the molecule is CC(C)n1cc(CN2CCOc3ccc(N(C)C)cc3C2)c2ccccc21. The Kier molecular flexibility index (Phi) is 4.83. The predicted molar refractivity (Wildman–Crippen MR) is 113 cm³/mol. The Morgan fingerprint density at radius 2 is 1.93 bits per heavy atom. The van der Waals surface area contributed by atoms with Crippen LogP contribution in [0, 0.1) is 0 Å². The number of para-hydroxylation sites is 1. The number of aromatic nitrogens is 1. The van der Waals surface area contributed by atoms with Gasteiger partial charge in [0.15, 0.2) is 0 Å². The van der Waals surface area contributed by atoms with Crippen molar-refractivity contribution < 1.29 is 4.74 Å². The molecule has 0 aliphatic carbocycles. The zero-order valence-electron chi connectivity index (χ0n) is 16.8. The lowest BCUT2D eigenvalue weighted by Crippen LogP contribution is -2.25. The van der Waals surface area contributed by atoms with Crippen molar-refractivity contribution in [3.05, 3.63) is 59.8 Å². The van der Waals surface area contributed by atoms with Crippen LogP contribution in [0.2, 0.25) is 0 Å². The van der Waals surface area contributed by atoms with Gasteiger partial charge in [-0.25, -0.2) is 0 Å². The summed E-state index contributed by atoms with van der Waals surface area (Å²) in [7, 11) is 4.16. The van der Waals surface area contributed by atoms with Crippen LogP contribution in [0.1, 0.15) is 31.0 Å². The van der Waals surface area contributed by atoms with E-state index in [1.165, 1.54) is 27.7 Å². The molecule has 0 spiro atoms. The van der Waals surface area contributed by atoms with E-state index in [-0.39, 0.29) is 0 Å². The molecule has 0 atom stereocenters. The monoisotopic (exact) mass is 363 g/mol. The lowest BCUT2D eigenvalue weighted by Gasteiger charge is -2.20. The van der Waals surface area contributed by atoms with Crippen LogP contribution in [0.5, 0.6) is 5.75 Å². The second-order valence-corrected chi connectivity index (χ2v) is 7.92. The Morgan fingerprint density at radius 1 is 1.11 bits per heavy atom. The molecular weight excluding hydrogens is 334 g/mol. The average Bonchev–Trinajstić information content (AvgIpc) is 2.88. The molecule has 0 radical (unpaired) electrons. The number of hydrogen-bond donors (Lipinski definition) is 0. The molecule has 0 saturated carbocycles. The maximum absolute atomic E-state index is 6.02. The highest BCUT2D eigenvalue weighted by molar-refractivity contribution is 5.84. The standard InChI is InChI=1S/C23H29N3O/c1-17(2)26-16-19(21-7-5-6-8-22(21)26)15-25-11-12-27-23-10-9-20(24(3)4)13-18(23)14-25/h5-10,13,16-17H,11-12,14-15H2,1-4H3. The molecule has 0 amide bonds. The molecule has 2 aromatic carbocycles. The molecule has 4 rings (SSSR count). The van der Waals surface area contributed by atoms with Crippen molar-refractivity contribution in [2.45, 2.75) is 33.0 Å². The van der Waals surface area contributed by atoms with Gasteiger partial charge in [-0.3, -0.25) is 4.90 Å². The molecule has 4 nitrogen and oxygen atoms in total. The van der Waals surface area contributed by atoms with Crippen LogP contribution in [-0.4, -0.2) is 36.7 Å². The van der Waals surface area contributed by atoms with E-state index in [0.29, 0.717) is 6.04 Å². The lowest BCUT2D eigenvalue weighted by atomic mass is 10.1. The predicted octanol–water partition coefficient (Wildman–Crippen LogP) is 4.68. The van der Waals surface area contributed by atoms with Crippen molar-refractivity contribution in [1.82, 2.24) is 9.47 Å². The van der Waals surface area contributed by atoms with E-state index in [0.717, 1.165) is 32.0 Å². The summed E-state index contributed by atoms with van der Waals surface area (Å²) in [5.74, 6) is 1.02. The summed E-state index contributed by atoms with van der Waals surface area (Å²) in [4.78, 5) is 4.64. The highest BCUT2D eigenvalue weighted by Gasteiger charge is 2.19. The molecule has 0 unspecified atom stereocenters. The van der Waals surface area contributed by atoms with Gasteiger partial charge in [-0.15, -0.1) is 0 Å². The largest absolute Gasteiger partial charge is 0.492 e. The summed E-state index contributed by atoms with van der Waals surface area (Å²) in [5, 5.41) is 1.36. The fourth-order valence-corrected chi connectivity index (χ4v) is 3.92. The van der Waals surface area contributed by atoms with Crippen LogP contribution in [0.15, 0.2) is 48.7 Å². The Bertz CT molecular complexity index is 942. The molecule has 142 valence electrons. The zero-order valence-corrected chi connectivity index (χ0v) is 16.8. The van der Waals surface area contributed by atoms with Gasteiger partial charge in [0.2, 0.25) is 0 Å². The third-order valence-electron chi connectivity index (χ3n) is 5.39. The number of rotatable bonds is 4. The fourth-order valence-electron chi connectivity index (χ4n) is 3.92. The highest BCUT2D eigenvalue weighted by atomic mass is 16.5. The van der Waals surface area contributed by atoms with Crippen LogP contribution in [0.25, 0.3) is 10.9 Å². The van der Waals surface area contributed by atoms with Gasteiger partial charge in [0, 0.05) is 68.1 Å². The van der Waals surface area contributed by atoms with E-state index in [1.54, 1.807) is 0 Å². The minimum atomic E-state index is 0.458. The van der Waals surface area contributed by atoms with E-state index in [4.69, 9.17) is 4.74 Å². The van der Waals surface area contributed by atoms with Gasteiger partial charge in [-0.1, -0.05) is 18.2 Å². The maximum Gasteiger partial charge on any atom is 0.124 e. The third kappa shape index (κ3) is 3.54. The second kappa shape index (κ2) is 7.28. The van der Waals surface area contributed by atoms with Gasteiger partial charge in [0.05, 0.1) is 0 Å². The topological polar surface area (TPSA) is 20.6 Å². The molecule has 0 bridgehead atoms. The number of anilines is 1. The first kappa shape index (κ1) is 17.9. The quantitative estimate of drug-likeness (QED) is 0.671. The number of nitrogens with zero attached hydrogens (tertiary/aromatic N) is 3. The van der Waals surface area contributed by atoms with Crippen molar-refractivity contribution in [3.8, 4) is 5.75 Å². The van der Waals surface area contributed by atoms with Gasteiger partial charge in [0.1, 0.15) is 12.4 Å². The van der Waals surface area contributed by atoms with Gasteiger partial charge < -0.3 is 14.2 Å². The normalized spacial score (nSPS) is 14.9. The fraction of sp³-hybridized carbons (Fsp3) is 0.391. The Morgan fingerprint density at radius 3 is 2.70 bits per heavy atom. The van der Waals surface area contributed by atoms with Gasteiger partial charge in [-0.05, 0) is 43.7 Å². The molecular formula is C23H29N3O. The number of hydrogen-bond acceptors (Lipinski definition) is 3. The summed E-state index contributed by atoms with van der Waals surface area (Å²) in [6.45, 7) is 8.02. The molecule has 0 saturated heterocycles. The van der Waals surface area contributed by atoms with E-state index in [9.17, 15) is 0 Å². The molecule has 1 aliphatic heterocycles. The maximum atomic E-state index is 6.02. The summed E-state index contributed by atoms with van der Waals surface area (Å²) in [5.41, 5.74) is 5.21. The van der Waals surface area contributed by atoms with Crippen LogP contribution in [0.4, 0.5) is 5.69 Å². The molecule has 1 aromatic heterocycles. The Hall–Kier alpha value is -2.46. The first-order chi connectivity index (χ1) is 13.0. The smallest absolute Gasteiger partial charge is 0.124 e. The molecule has 0 fully saturated rings. The summed E-state index contributed by atoms with van der Waals surface area (Å²) >= 11 is 0. The average molecular weight is 364 g/mol. The number of ether oxygens (including phenoxy) is 1. The van der Waals surface area contributed by atoms with E-state index >= 15 is 0 Å². The number of benzene rings is 2. The number of fused-ring (bicyclic) bond motifs is 2. The second-order valence-electron chi connectivity index (χ2n) is 7.92. The highest BCUT2D eigenvalue weighted by Crippen LogP contribution is 2.30. The third-order valence-corrected chi connectivity index (χ3v) is 5.39. The van der Waals surface area contributed by atoms with Crippen LogP contribution < -0.4 is 9.64 Å². The lowest BCUT2D eigenvalue weighted by molar-refractivity contribution is 0.220. The van der Waals surface area contributed by atoms with Gasteiger partial charge in [-0.2, -0.15) is 0 Å². The molecule has 0 N–H and O–H groups in total. The molecule has 1 aliphatic rings. The van der Waals surface area contributed by atoms with Crippen molar-refractivity contribution in [2.24, 2.45) is 0 Å². The molecule has 27 heavy (non-hydrogen) atoms. The minimum Gasteiger partial charge on any atom is -0.492 e. The van der Waals surface area contributed by atoms with Crippen LogP contribution in [-0.2, 0) is 13.1 Å². The summed E-state index contributed by atoms with van der Waals surface area (Å²) < 4.78 is 8.40. The summed E-state index contributed by atoms with van der Waals surface area (Å²) in [6.07, 6.45) is 2.33. The first-order valence-corrected chi connectivity index (χ1v) is 9.77. The molecule has 4 heteroatoms. The van der Waals surface area contributed by atoms with E-state index in [2.05, 4.69) is 91.0 Å². The van der Waals surface area contributed by atoms with E-state index < -0.39 is 0 Å². The Balaban J connectivity index is 1.64. The minimum absolute atomic E-state index is 0.458. The van der Waals surface area contributed by atoms with Crippen LogP contribution >= 0.6 is 0 Å². The first-order valence-electron chi connectivity index (χ1n) is 9.77. The molecule has 2 heterocycles. The Labute approximate surface area is 162 Å². The van der Waals surface area contributed by atoms with Crippen molar-refractivity contribution in [3.63, 3.8) is 0 Å². The van der Waals surface area contributed by atoms with Crippen molar-refractivity contribution in [2.75, 3.05) is 32.1 Å². The van der Waals surface area contributed by atoms with E-state index in [1.807, 2.05) is 0 Å². The van der Waals surface area contributed by atoms with Gasteiger partial charge in [0.25, 0.3) is 0 Å². The molecule has 3 aromatic rings. The van der Waals surface area contributed by atoms with Gasteiger partial charge >= 0.3 is 0 Å². The zero-order chi connectivity index (χ0) is 19.0. The van der Waals surface area contributed by atoms with Crippen LogP contribution in [0.3, 0.4) is 0 Å². The van der Waals surface area contributed by atoms with Crippen molar-refractivity contribution >= 4 is 16.6 Å². The summed E-state index contributed by atoms with van der Waals surface area (Å²) in [6, 6.07) is 15.7. The van der Waals surface area contributed by atoms with Crippen molar-refractivity contribution in [1.29, 1.82) is 0 Å².